The Morgan fingerprint density at radius 1 is 1.32 bits per heavy atom. The minimum absolute atomic E-state index is 0.133. The number of amides is 1. The molecule has 1 aliphatic rings. The number of piperidine rings is 1. The van der Waals surface area contributed by atoms with Gasteiger partial charge in [0, 0.05) is 19.4 Å². The van der Waals surface area contributed by atoms with E-state index in [0.29, 0.717) is 18.8 Å². The van der Waals surface area contributed by atoms with Crippen molar-refractivity contribution in [2.75, 3.05) is 6.54 Å². The Hall–Kier alpha value is -1.61. The summed E-state index contributed by atoms with van der Waals surface area (Å²) in [6, 6.07) is 10.1. The van der Waals surface area contributed by atoms with Crippen LogP contribution in [0.15, 0.2) is 42.5 Å². The van der Waals surface area contributed by atoms with Gasteiger partial charge in [0.05, 0.1) is 12.1 Å². The van der Waals surface area contributed by atoms with Crippen molar-refractivity contribution >= 4 is 5.91 Å². The molecule has 1 amide bonds. The molecular weight excluding hydrogens is 274 g/mol. The monoisotopic (exact) mass is 301 g/mol. The maximum absolute atomic E-state index is 12.1. The molecule has 1 aromatic rings. The molecule has 22 heavy (non-hydrogen) atoms. The molecule has 0 bridgehead atoms. The molecular formula is C19H27NO2. The smallest absolute Gasteiger partial charge is 0.223 e. The van der Waals surface area contributed by atoms with Crippen LogP contribution in [0.2, 0.25) is 0 Å². The third kappa shape index (κ3) is 4.99. The van der Waals surface area contributed by atoms with Crippen LogP contribution < -0.4 is 0 Å². The Labute approximate surface area is 133 Å². The molecule has 2 rings (SSSR count). The SMILES string of the molecule is CC(C)CN1C(=O)CCC[C@@H]1/C=C/C(O)Cc1ccccc1. The second-order valence-corrected chi connectivity index (χ2v) is 6.54. The van der Waals surface area contributed by atoms with E-state index in [-0.39, 0.29) is 11.9 Å². The van der Waals surface area contributed by atoms with Gasteiger partial charge >= 0.3 is 0 Å². The zero-order chi connectivity index (χ0) is 15.9. The highest BCUT2D eigenvalue weighted by Gasteiger charge is 2.26. The summed E-state index contributed by atoms with van der Waals surface area (Å²) in [4.78, 5) is 14.1. The van der Waals surface area contributed by atoms with E-state index >= 15 is 0 Å². The highest BCUT2D eigenvalue weighted by molar-refractivity contribution is 5.77. The maximum Gasteiger partial charge on any atom is 0.223 e. The third-order valence-electron chi connectivity index (χ3n) is 4.02. The number of likely N-dealkylation sites (tertiary alicyclic amines) is 1. The average Bonchev–Trinajstić information content (AvgIpc) is 2.48. The van der Waals surface area contributed by atoms with E-state index in [1.54, 1.807) is 0 Å². The van der Waals surface area contributed by atoms with Crippen LogP contribution in [0.5, 0.6) is 0 Å². The van der Waals surface area contributed by atoms with Crippen molar-refractivity contribution in [2.45, 2.75) is 51.7 Å². The molecule has 1 unspecified atom stereocenters. The van der Waals surface area contributed by atoms with E-state index in [1.807, 2.05) is 47.4 Å². The Kier molecular flexibility index (Phi) is 6.20. The number of hydrogen-bond acceptors (Lipinski definition) is 2. The van der Waals surface area contributed by atoms with Crippen molar-refractivity contribution < 1.29 is 9.90 Å². The Morgan fingerprint density at radius 2 is 2.05 bits per heavy atom. The van der Waals surface area contributed by atoms with Crippen molar-refractivity contribution in [3.8, 4) is 0 Å². The Bertz CT molecular complexity index is 495. The van der Waals surface area contributed by atoms with Crippen molar-refractivity contribution in [3.05, 3.63) is 48.0 Å². The molecule has 0 spiro atoms. The molecule has 1 aliphatic heterocycles. The highest BCUT2D eigenvalue weighted by atomic mass is 16.3. The van der Waals surface area contributed by atoms with Gasteiger partial charge in [-0.3, -0.25) is 4.79 Å². The number of aliphatic hydroxyl groups excluding tert-OH is 1. The first-order chi connectivity index (χ1) is 10.6. The van der Waals surface area contributed by atoms with E-state index in [2.05, 4.69) is 13.8 Å². The quantitative estimate of drug-likeness (QED) is 0.820. The molecule has 1 aromatic carbocycles. The fourth-order valence-corrected chi connectivity index (χ4v) is 2.96. The van der Waals surface area contributed by atoms with Gasteiger partial charge in [0.1, 0.15) is 0 Å². The summed E-state index contributed by atoms with van der Waals surface area (Å²) in [6.07, 6.45) is 6.58. The van der Waals surface area contributed by atoms with Gasteiger partial charge in [0.15, 0.2) is 0 Å². The third-order valence-corrected chi connectivity index (χ3v) is 4.02. The number of benzene rings is 1. The zero-order valence-electron chi connectivity index (χ0n) is 13.6. The molecule has 1 heterocycles. The largest absolute Gasteiger partial charge is 0.389 e. The number of rotatable bonds is 6. The van der Waals surface area contributed by atoms with Crippen LogP contribution in [0.25, 0.3) is 0 Å². The standard InChI is InChI=1S/C19H27NO2/c1-15(2)14-20-17(9-6-10-19(20)22)11-12-18(21)13-16-7-4-3-5-8-16/h3-5,7-8,11-12,15,17-18,21H,6,9-10,13-14H2,1-2H3/b12-11+/t17-,18?/m1/s1. The van der Waals surface area contributed by atoms with E-state index < -0.39 is 6.10 Å². The molecule has 3 heteroatoms. The molecule has 1 saturated heterocycles. The fraction of sp³-hybridized carbons (Fsp3) is 0.526. The van der Waals surface area contributed by atoms with E-state index in [1.165, 1.54) is 0 Å². The van der Waals surface area contributed by atoms with Crippen LogP contribution in [-0.2, 0) is 11.2 Å². The van der Waals surface area contributed by atoms with Gasteiger partial charge in [0.25, 0.3) is 0 Å². The second kappa shape index (κ2) is 8.14. The maximum atomic E-state index is 12.1. The van der Waals surface area contributed by atoms with E-state index in [9.17, 15) is 9.90 Å². The summed E-state index contributed by atoms with van der Waals surface area (Å²) in [7, 11) is 0. The van der Waals surface area contributed by atoms with Gasteiger partial charge in [0.2, 0.25) is 5.91 Å². The Morgan fingerprint density at radius 3 is 2.73 bits per heavy atom. The topological polar surface area (TPSA) is 40.5 Å². The minimum Gasteiger partial charge on any atom is -0.389 e. The van der Waals surface area contributed by atoms with Crippen LogP contribution >= 0.6 is 0 Å². The highest BCUT2D eigenvalue weighted by Crippen LogP contribution is 2.21. The summed E-state index contributed by atoms with van der Waals surface area (Å²) in [6.45, 7) is 5.06. The summed E-state index contributed by atoms with van der Waals surface area (Å²) >= 11 is 0. The first-order valence-corrected chi connectivity index (χ1v) is 8.26. The molecule has 1 N–H and O–H groups in total. The molecule has 3 nitrogen and oxygen atoms in total. The molecule has 0 aliphatic carbocycles. The lowest BCUT2D eigenvalue weighted by molar-refractivity contribution is -0.135. The first kappa shape index (κ1) is 16.8. The predicted octanol–water partition coefficient (Wildman–Crippen LogP) is 3.18. The lowest BCUT2D eigenvalue weighted by Crippen LogP contribution is -2.44. The van der Waals surface area contributed by atoms with Gasteiger partial charge in [-0.05, 0) is 24.3 Å². The number of aliphatic hydroxyl groups is 1. The number of carbonyl (C=O) groups is 1. The number of carbonyl (C=O) groups excluding carboxylic acids is 1. The predicted molar refractivity (Wildman–Crippen MR) is 89.5 cm³/mol. The van der Waals surface area contributed by atoms with Crippen molar-refractivity contribution in [1.29, 1.82) is 0 Å². The average molecular weight is 301 g/mol. The van der Waals surface area contributed by atoms with Crippen molar-refractivity contribution in [2.24, 2.45) is 5.92 Å². The Balaban J connectivity index is 1.95. The zero-order valence-corrected chi connectivity index (χ0v) is 13.6. The second-order valence-electron chi connectivity index (χ2n) is 6.54. The van der Waals surface area contributed by atoms with Gasteiger partial charge in [-0.1, -0.05) is 56.3 Å². The van der Waals surface area contributed by atoms with Crippen LogP contribution in [-0.4, -0.2) is 34.6 Å². The number of hydrogen-bond donors (Lipinski definition) is 1. The van der Waals surface area contributed by atoms with E-state index in [0.717, 1.165) is 24.9 Å². The van der Waals surface area contributed by atoms with Crippen LogP contribution in [0.3, 0.4) is 0 Å². The van der Waals surface area contributed by atoms with Gasteiger partial charge < -0.3 is 10.0 Å². The van der Waals surface area contributed by atoms with Gasteiger partial charge in [-0.2, -0.15) is 0 Å². The van der Waals surface area contributed by atoms with E-state index in [4.69, 9.17) is 0 Å². The first-order valence-electron chi connectivity index (χ1n) is 8.26. The molecule has 0 saturated carbocycles. The summed E-state index contributed by atoms with van der Waals surface area (Å²) in [5, 5.41) is 10.2. The summed E-state index contributed by atoms with van der Waals surface area (Å²) in [5.74, 6) is 0.708. The molecule has 120 valence electrons. The minimum atomic E-state index is -0.500. The molecule has 0 radical (unpaired) electrons. The van der Waals surface area contributed by atoms with Crippen LogP contribution in [0.1, 0.15) is 38.7 Å². The normalized spacial score (nSPS) is 20.8. The lowest BCUT2D eigenvalue weighted by Gasteiger charge is -2.35. The molecule has 2 atom stereocenters. The van der Waals surface area contributed by atoms with Crippen LogP contribution in [0, 0.1) is 5.92 Å². The van der Waals surface area contributed by atoms with Crippen LogP contribution in [0.4, 0.5) is 0 Å². The van der Waals surface area contributed by atoms with Gasteiger partial charge in [-0.15, -0.1) is 0 Å². The van der Waals surface area contributed by atoms with Crippen molar-refractivity contribution in [1.82, 2.24) is 4.90 Å². The lowest BCUT2D eigenvalue weighted by atomic mass is 9.98. The molecule has 0 aromatic heterocycles. The van der Waals surface area contributed by atoms with Crippen molar-refractivity contribution in [3.63, 3.8) is 0 Å². The fourth-order valence-electron chi connectivity index (χ4n) is 2.96. The number of nitrogens with zero attached hydrogens (tertiary/aromatic N) is 1. The van der Waals surface area contributed by atoms with Gasteiger partial charge in [-0.25, -0.2) is 0 Å². The summed E-state index contributed by atoms with van der Waals surface area (Å²) < 4.78 is 0. The molecule has 1 fully saturated rings. The summed E-state index contributed by atoms with van der Waals surface area (Å²) in [5.41, 5.74) is 1.12.